The lowest BCUT2D eigenvalue weighted by Crippen LogP contribution is -2.39. The predicted molar refractivity (Wildman–Crippen MR) is 99.0 cm³/mol. The summed E-state index contributed by atoms with van der Waals surface area (Å²) in [5.74, 6) is 2.31. The monoisotopic (exact) mass is 360 g/mol. The van der Waals surface area contributed by atoms with Crippen LogP contribution in [0.3, 0.4) is 0 Å². The molecule has 1 amide bonds. The summed E-state index contributed by atoms with van der Waals surface area (Å²) in [6, 6.07) is 7.65. The Morgan fingerprint density at radius 1 is 1.40 bits per heavy atom. The van der Waals surface area contributed by atoms with Gasteiger partial charge in [-0.05, 0) is 55.2 Å². The second kappa shape index (κ2) is 7.82. The van der Waals surface area contributed by atoms with Crippen LogP contribution in [0.5, 0.6) is 5.75 Å². The first kappa shape index (κ1) is 17.7. The van der Waals surface area contributed by atoms with Crippen LogP contribution in [-0.2, 0) is 11.3 Å². The maximum absolute atomic E-state index is 12.5. The van der Waals surface area contributed by atoms with Crippen molar-refractivity contribution in [2.45, 2.75) is 32.7 Å². The van der Waals surface area contributed by atoms with E-state index in [1.807, 2.05) is 33.7 Å². The van der Waals surface area contributed by atoms with Crippen molar-refractivity contribution in [3.63, 3.8) is 0 Å². The van der Waals surface area contributed by atoms with E-state index in [1.54, 1.807) is 7.11 Å². The van der Waals surface area contributed by atoms with Crippen molar-refractivity contribution in [3.05, 3.63) is 29.0 Å². The molecule has 1 atom stereocenters. The first-order valence-corrected chi connectivity index (χ1v) is 9.06. The molecule has 1 aromatic heterocycles. The Morgan fingerprint density at radius 3 is 2.84 bits per heavy atom. The van der Waals surface area contributed by atoms with Crippen LogP contribution in [0.4, 0.5) is 0 Å². The standard InChI is InChI=1S/C18H24N4O2S/c1-13-4-3-10-21(12-13)16(23)9-11-22-17(19-20-18(22)25)14-5-7-15(24-2)8-6-14/h5-8,13H,3-4,9-12H2,1-2H3,(H,20,25). The van der Waals surface area contributed by atoms with Crippen molar-refractivity contribution in [2.24, 2.45) is 5.92 Å². The lowest BCUT2D eigenvalue weighted by Gasteiger charge is -2.31. The Labute approximate surface area is 152 Å². The molecule has 0 spiro atoms. The average molecular weight is 360 g/mol. The summed E-state index contributed by atoms with van der Waals surface area (Å²) in [5, 5.41) is 7.16. The minimum atomic E-state index is 0.190. The van der Waals surface area contributed by atoms with E-state index in [4.69, 9.17) is 17.0 Å². The molecule has 1 aromatic carbocycles. The second-order valence-electron chi connectivity index (χ2n) is 6.57. The van der Waals surface area contributed by atoms with Crippen molar-refractivity contribution in [1.82, 2.24) is 19.7 Å². The summed E-state index contributed by atoms with van der Waals surface area (Å²) in [5.41, 5.74) is 0.937. The minimum absolute atomic E-state index is 0.190. The van der Waals surface area contributed by atoms with E-state index in [0.29, 0.717) is 23.7 Å². The maximum atomic E-state index is 12.5. The van der Waals surface area contributed by atoms with Crippen molar-refractivity contribution < 1.29 is 9.53 Å². The van der Waals surface area contributed by atoms with E-state index >= 15 is 0 Å². The second-order valence-corrected chi connectivity index (χ2v) is 6.96. The molecule has 1 saturated heterocycles. The maximum Gasteiger partial charge on any atom is 0.224 e. The van der Waals surface area contributed by atoms with Crippen LogP contribution in [0.2, 0.25) is 0 Å². The molecule has 6 nitrogen and oxygen atoms in total. The highest BCUT2D eigenvalue weighted by atomic mass is 32.1. The van der Waals surface area contributed by atoms with Crippen LogP contribution >= 0.6 is 12.2 Å². The smallest absolute Gasteiger partial charge is 0.224 e. The number of benzene rings is 1. The number of likely N-dealkylation sites (tertiary alicyclic amines) is 1. The van der Waals surface area contributed by atoms with Gasteiger partial charge >= 0.3 is 0 Å². The summed E-state index contributed by atoms with van der Waals surface area (Å²) in [6.45, 7) is 4.46. The van der Waals surface area contributed by atoms with Gasteiger partial charge in [0.15, 0.2) is 10.6 Å². The highest BCUT2D eigenvalue weighted by Gasteiger charge is 2.21. The van der Waals surface area contributed by atoms with Gasteiger partial charge in [0, 0.05) is 31.6 Å². The molecule has 25 heavy (non-hydrogen) atoms. The Bertz CT molecular complexity index is 781. The number of hydrogen-bond acceptors (Lipinski definition) is 4. The Morgan fingerprint density at radius 2 is 2.16 bits per heavy atom. The number of carbonyl (C=O) groups excluding carboxylic acids is 1. The van der Waals surface area contributed by atoms with Crippen LogP contribution in [0.1, 0.15) is 26.2 Å². The quantitative estimate of drug-likeness (QED) is 0.831. The summed E-state index contributed by atoms with van der Waals surface area (Å²) < 4.78 is 7.61. The van der Waals surface area contributed by atoms with E-state index < -0.39 is 0 Å². The summed E-state index contributed by atoms with van der Waals surface area (Å²) in [6.07, 6.45) is 2.73. The van der Waals surface area contributed by atoms with E-state index in [9.17, 15) is 4.79 Å². The molecule has 134 valence electrons. The number of methoxy groups -OCH3 is 1. The fourth-order valence-electron chi connectivity index (χ4n) is 3.27. The number of carbonyl (C=O) groups is 1. The van der Waals surface area contributed by atoms with Crippen LogP contribution < -0.4 is 4.74 Å². The van der Waals surface area contributed by atoms with Crippen molar-refractivity contribution in [3.8, 4) is 17.1 Å². The summed E-state index contributed by atoms with van der Waals surface area (Å²) in [4.78, 5) is 14.5. The Kier molecular flexibility index (Phi) is 5.53. The molecule has 1 unspecified atom stereocenters. The van der Waals surface area contributed by atoms with Gasteiger partial charge < -0.3 is 9.64 Å². The molecule has 0 bridgehead atoms. The SMILES string of the molecule is COc1ccc(-c2n[nH]c(=S)n2CCC(=O)N2CCCC(C)C2)cc1. The number of hydrogen-bond donors (Lipinski definition) is 1. The summed E-state index contributed by atoms with van der Waals surface area (Å²) in [7, 11) is 1.64. The molecule has 3 rings (SSSR count). The molecule has 1 N–H and O–H groups in total. The number of H-pyrrole nitrogens is 1. The zero-order valence-electron chi connectivity index (χ0n) is 14.7. The fourth-order valence-corrected chi connectivity index (χ4v) is 3.49. The van der Waals surface area contributed by atoms with E-state index in [-0.39, 0.29) is 5.91 Å². The van der Waals surface area contributed by atoms with Crippen LogP contribution in [0.25, 0.3) is 11.4 Å². The van der Waals surface area contributed by atoms with Crippen LogP contribution in [0.15, 0.2) is 24.3 Å². The molecule has 0 radical (unpaired) electrons. The largest absolute Gasteiger partial charge is 0.497 e. The molecule has 2 heterocycles. The number of ether oxygens (including phenoxy) is 1. The molecule has 1 fully saturated rings. The molecule has 0 aliphatic carbocycles. The number of nitrogens with one attached hydrogen (secondary N) is 1. The topological polar surface area (TPSA) is 63.1 Å². The summed E-state index contributed by atoms with van der Waals surface area (Å²) >= 11 is 5.34. The minimum Gasteiger partial charge on any atom is -0.497 e. The van der Waals surface area contributed by atoms with Crippen LogP contribution in [0, 0.1) is 10.7 Å². The van der Waals surface area contributed by atoms with E-state index in [1.165, 1.54) is 6.42 Å². The first-order chi connectivity index (χ1) is 12.1. The van der Waals surface area contributed by atoms with Gasteiger partial charge in [0.25, 0.3) is 0 Å². The number of rotatable bonds is 5. The Balaban J connectivity index is 1.71. The number of aromatic amines is 1. The third-order valence-electron chi connectivity index (χ3n) is 4.67. The normalized spacial score (nSPS) is 17.5. The lowest BCUT2D eigenvalue weighted by molar-refractivity contribution is -0.133. The van der Waals surface area contributed by atoms with Crippen molar-refractivity contribution in [2.75, 3.05) is 20.2 Å². The van der Waals surface area contributed by atoms with Gasteiger partial charge in [-0.25, -0.2) is 0 Å². The van der Waals surface area contributed by atoms with Crippen LogP contribution in [-0.4, -0.2) is 45.8 Å². The molecule has 1 aliphatic heterocycles. The van der Waals surface area contributed by atoms with Gasteiger partial charge in [-0.15, -0.1) is 0 Å². The third kappa shape index (κ3) is 4.10. The molecular weight excluding hydrogens is 336 g/mol. The van der Waals surface area contributed by atoms with Gasteiger partial charge in [0.05, 0.1) is 7.11 Å². The fraction of sp³-hybridized carbons (Fsp3) is 0.500. The predicted octanol–water partition coefficient (Wildman–Crippen LogP) is 3.26. The molecule has 2 aromatic rings. The van der Waals surface area contributed by atoms with Gasteiger partial charge in [-0.2, -0.15) is 5.10 Å². The Hall–Kier alpha value is -2.15. The lowest BCUT2D eigenvalue weighted by atomic mass is 10.00. The molecule has 0 saturated carbocycles. The zero-order valence-corrected chi connectivity index (χ0v) is 15.5. The van der Waals surface area contributed by atoms with Gasteiger partial charge in [-0.1, -0.05) is 6.92 Å². The van der Waals surface area contributed by atoms with Gasteiger partial charge in [0.1, 0.15) is 5.75 Å². The highest BCUT2D eigenvalue weighted by Crippen LogP contribution is 2.22. The molecular formula is C18H24N4O2S. The number of piperidine rings is 1. The van der Waals surface area contributed by atoms with E-state index in [0.717, 1.165) is 36.6 Å². The van der Waals surface area contributed by atoms with Gasteiger partial charge in [0.2, 0.25) is 5.91 Å². The molecule has 7 heteroatoms. The van der Waals surface area contributed by atoms with E-state index in [2.05, 4.69) is 17.1 Å². The number of nitrogens with zero attached hydrogens (tertiary/aromatic N) is 3. The average Bonchev–Trinajstić information content (AvgIpc) is 3.00. The van der Waals surface area contributed by atoms with Crippen molar-refractivity contribution in [1.29, 1.82) is 0 Å². The van der Waals surface area contributed by atoms with Crippen molar-refractivity contribution >= 4 is 18.1 Å². The molecule has 1 aliphatic rings. The highest BCUT2D eigenvalue weighted by molar-refractivity contribution is 7.71. The van der Waals surface area contributed by atoms with Gasteiger partial charge in [-0.3, -0.25) is 14.5 Å². The number of amides is 1. The number of aromatic nitrogens is 3. The first-order valence-electron chi connectivity index (χ1n) is 8.66. The third-order valence-corrected chi connectivity index (χ3v) is 4.98. The zero-order chi connectivity index (χ0) is 17.8.